The lowest BCUT2D eigenvalue weighted by Gasteiger charge is -2.33. The summed E-state index contributed by atoms with van der Waals surface area (Å²) in [7, 11) is -0.296. The average Bonchev–Trinajstić information content (AvgIpc) is 3.03. The molecule has 14 heteroatoms. The van der Waals surface area contributed by atoms with Crippen molar-refractivity contribution in [2.75, 3.05) is 38.7 Å². The molecule has 3 rings (SSSR count). The van der Waals surface area contributed by atoms with Crippen molar-refractivity contribution in [3.05, 3.63) is 75.2 Å². The quantitative estimate of drug-likeness (QED) is 0.167. The van der Waals surface area contributed by atoms with Gasteiger partial charge >= 0.3 is 0 Å². The minimum absolute atomic E-state index is 0.0167. The highest BCUT2D eigenvalue weighted by molar-refractivity contribution is 7.92. The summed E-state index contributed by atoms with van der Waals surface area (Å²) < 4.78 is 45.8. The van der Waals surface area contributed by atoms with Crippen LogP contribution in [0.15, 0.2) is 59.5 Å². The Morgan fingerprint density at radius 2 is 1.48 bits per heavy atom. The molecule has 0 saturated heterocycles. The molecule has 0 unspecified atom stereocenters. The summed E-state index contributed by atoms with van der Waals surface area (Å²) in [5.41, 5.74) is 0.539. The first-order chi connectivity index (χ1) is 21.9. The summed E-state index contributed by atoms with van der Waals surface area (Å²) in [5, 5.41) is 3.79. The molecule has 46 heavy (non-hydrogen) atoms. The first-order valence-electron chi connectivity index (χ1n) is 14.5. The first kappa shape index (κ1) is 37.1. The van der Waals surface area contributed by atoms with E-state index < -0.39 is 28.5 Å². The van der Waals surface area contributed by atoms with Crippen molar-refractivity contribution in [3.63, 3.8) is 0 Å². The van der Waals surface area contributed by atoms with E-state index in [1.807, 2.05) is 6.92 Å². The standard InChI is InChI=1S/C32H38Cl3N3O7S/c1-6-8-15-36-32(40)26(7-2)37(19-21-9-10-22(33)16-25(21)35)31(39)20-38(27-17-23(34)11-13-28(27)43-3)46(41,42)24-12-14-29(44-4)30(18-24)45-5/h9-14,16-18,26H,6-8,15,19-20H2,1-5H3,(H,36,40)/t26-/m0/s1. The highest BCUT2D eigenvalue weighted by Gasteiger charge is 2.35. The van der Waals surface area contributed by atoms with Crippen molar-refractivity contribution in [2.45, 2.75) is 50.6 Å². The van der Waals surface area contributed by atoms with E-state index in [4.69, 9.17) is 49.0 Å². The maximum atomic E-state index is 14.4. The number of carbonyl (C=O) groups is 2. The van der Waals surface area contributed by atoms with Crippen LogP contribution in [0.25, 0.3) is 0 Å². The van der Waals surface area contributed by atoms with E-state index >= 15 is 0 Å². The second-order valence-electron chi connectivity index (χ2n) is 10.2. The van der Waals surface area contributed by atoms with Gasteiger partial charge < -0.3 is 24.4 Å². The van der Waals surface area contributed by atoms with Crippen molar-refractivity contribution in [2.24, 2.45) is 0 Å². The third-order valence-corrected chi connectivity index (χ3v) is 9.78. The Hall–Kier alpha value is -3.38. The normalized spacial score (nSPS) is 11.8. The first-order valence-corrected chi connectivity index (χ1v) is 17.1. The van der Waals surface area contributed by atoms with Gasteiger partial charge in [0.2, 0.25) is 11.8 Å². The fourth-order valence-corrected chi connectivity index (χ4v) is 6.80. The van der Waals surface area contributed by atoms with Gasteiger partial charge in [0.1, 0.15) is 18.3 Å². The van der Waals surface area contributed by atoms with Crippen LogP contribution in [-0.4, -0.2) is 65.6 Å². The molecule has 250 valence electrons. The van der Waals surface area contributed by atoms with Crippen molar-refractivity contribution >= 4 is 62.3 Å². The van der Waals surface area contributed by atoms with Gasteiger partial charge in [-0.25, -0.2) is 8.42 Å². The van der Waals surface area contributed by atoms with Crippen LogP contribution >= 0.6 is 34.8 Å². The van der Waals surface area contributed by atoms with Gasteiger partial charge in [-0.05, 0) is 60.9 Å². The molecule has 0 aliphatic heterocycles. The van der Waals surface area contributed by atoms with Gasteiger partial charge in [-0.2, -0.15) is 0 Å². The zero-order chi connectivity index (χ0) is 34.0. The third kappa shape index (κ3) is 8.90. The Morgan fingerprint density at radius 3 is 2.09 bits per heavy atom. The number of methoxy groups -OCH3 is 3. The average molecular weight is 715 g/mol. The second-order valence-corrected chi connectivity index (χ2v) is 13.3. The number of benzene rings is 3. The minimum Gasteiger partial charge on any atom is -0.495 e. The Labute approximate surface area is 285 Å². The van der Waals surface area contributed by atoms with Gasteiger partial charge in [-0.3, -0.25) is 13.9 Å². The fourth-order valence-electron chi connectivity index (χ4n) is 4.73. The molecule has 0 bridgehead atoms. The third-order valence-electron chi connectivity index (χ3n) is 7.20. The van der Waals surface area contributed by atoms with Crippen molar-refractivity contribution < 1.29 is 32.2 Å². The molecule has 0 spiro atoms. The predicted octanol–water partition coefficient (Wildman–Crippen LogP) is 6.59. The molecule has 1 atom stereocenters. The van der Waals surface area contributed by atoms with E-state index in [9.17, 15) is 18.0 Å². The zero-order valence-electron chi connectivity index (χ0n) is 26.3. The van der Waals surface area contributed by atoms with Crippen LogP contribution < -0.4 is 23.8 Å². The van der Waals surface area contributed by atoms with E-state index in [0.29, 0.717) is 22.9 Å². The molecule has 0 saturated carbocycles. The Balaban J connectivity index is 2.17. The molecule has 0 aromatic heterocycles. The summed E-state index contributed by atoms with van der Waals surface area (Å²) in [6.07, 6.45) is 1.87. The summed E-state index contributed by atoms with van der Waals surface area (Å²) in [6, 6.07) is 12.4. The van der Waals surface area contributed by atoms with Crippen LogP contribution in [0.1, 0.15) is 38.7 Å². The van der Waals surface area contributed by atoms with Gasteiger partial charge in [0, 0.05) is 34.2 Å². The maximum Gasteiger partial charge on any atom is 0.265 e. The number of halogens is 3. The van der Waals surface area contributed by atoms with E-state index in [-0.39, 0.29) is 51.0 Å². The number of amides is 2. The van der Waals surface area contributed by atoms with Crippen LogP contribution in [0.3, 0.4) is 0 Å². The number of hydrogen-bond acceptors (Lipinski definition) is 7. The zero-order valence-corrected chi connectivity index (χ0v) is 29.4. The molecule has 3 aromatic carbocycles. The van der Waals surface area contributed by atoms with Crippen LogP contribution in [0.4, 0.5) is 5.69 Å². The van der Waals surface area contributed by atoms with Gasteiger partial charge in [0.05, 0.1) is 31.9 Å². The SMILES string of the molecule is CCCCNC(=O)[C@H](CC)N(Cc1ccc(Cl)cc1Cl)C(=O)CN(c1cc(Cl)ccc1OC)S(=O)(=O)c1ccc(OC)c(OC)c1. The highest BCUT2D eigenvalue weighted by atomic mass is 35.5. The lowest BCUT2D eigenvalue weighted by Crippen LogP contribution is -2.52. The largest absolute Gasteiger partial charge is 0.495 e. The molecule has 10 nitrogen and oxygen atoms in total. The number of carbonyl (C=O) groups excluding carboxylic acids is 2. The van der Waals surface area contributed by atoms with E-state index in [0.717, 1.165) is 17.1 Å². The number of sulfonamides is 1. The van der Waals surface area contributed by atoms with Crippen molar-refractivity contribution in [3.8, 4) is 17.2 Å². The number of hydrogen-bond donors (Lipinski definition) is 1. The Morgan fingerprint density at radius 1 is 0.848 bits per heavy atom. The molecule has 0 heterocycles. The summed E-state index contributed by atoms with van der Waals surface area (Å²) in [6.45, 7) is 3.39. The van der Waals surface area contributed by atoms with Crippen molar-refractivity contribution in [1.82, 2.24) is 10.2 Å². The monoisotopic (exact) mass is 713 g/mol. The van der Waals surface area contributed by atoms with Crippen LogP contribution in [0.2, 0.25) is 15.1 Å². The molecule has 0 radical (unpaired) electrons. The van der Waals surface area contributed by atoms with Crippen LogP contribution in [0, 0.1) is 0 Å². The molecular formula is C32H38Cl3N3O7S. The Kier molecular flexibility index (Phi) is 13.7. The lowest BCUT2D eigenvalue weighted by atomic mass is 10.1. The minimum atomic E-state index is -4.48. The summed E-state index contributed by atoms with van der Waals surface area (Å²) >= 11 is 18.9. The second kappa shape index (κ2) is 17.0. The predicted molar refractivity (Wildman–Crippen MR) is 181 cm³/mol. The van der Waals surface area contributed by atoms with Gasteiger partial charge in [0.15, 0.2) is 11.5 Å². The summed E-state index contributed by atoms with van der Waals surface area (Å²) in [5.74, 6) is -0.409. The fraction of sp³-hybridized carbons (Fsp3) is 0.375. The molecule has 0 fully saturated rings. The maximum absolute atomic E-state index is 14.4. The van der Waals surface area contributed by atoms with Gasteiger partial charge in [-0.15, -0.1) is 0 Å². The number of rotatable bonds is 16. The van der Waals surface area contributed by atoms with E-state index in [2.05, 4.69) is 5.32 Å². The number of unbranched alkanes of at least 4 members (excludes halogenated alkanes) is 1. The topological polar surface area (TPSA) is 114 Å². The lowest BCUT2D eigenvalue weighted by molar-refractivity contribution is -0.140. The summed E-state index contributed by atoms with van der Waals surface area (Å²) in [4.78, 5) is 28.9. The number of ether oxygens (including phenoxy) is 3. The molecule has 3 aromatic rings. The number of nitrogens with zero attached hydrogens (tertiary/aromatic N) is 2. The van der Waals surface area contributed by atoms with Crippen LogP contribution in [0.5, 0.6) is 17.2 Å². The van der Waals surface area contributed by atoms with E-state index in [1.165, 1.54) is 68.7 Å². The molecule has 0 aliphatic carbocycles. The Bertz CT molecular complexity index is 1640. The van der Waals surface area contributed by atoms with Gasteiger partial charge in [0.25, 0.3) is 10.0 Å². The smallest absolute Gasteiger partial charge is 0.265 e. The molecule has 1 N–H and O–H groups in total. The van der Waals surface area contributed by atoms with Crippen LogP contribution in [-0.2, 0) is 26.2 Å². The number of anilines is 1. The highest BCUT2D eigenvalue weighted by Crippen LogP contribution is 2.37. The van der Waals surface area contributed by atoms with Crippen molar-refractivity contribution in [1.29, 1.82) is 0 Å². The molecule has 0 aliphatic rings. The molecular weight excluding hydrogens is 677 g/mol. The number of nitrogens with one attached hydrogen (secondary N) is 1. The molecule has 2 amide bonds. The van der Waals surface area contributed by atoms with E-state index in [1.54, 1.807) is 19.1 Å². The van der Waals surface area contributed by atoms with Gasteiger partial charge in [-0.1, -0.05) is 61.1 Å².